The summed E-state index contributed by atoms with van der Waals surface area (Å²) in [7, 11) is 0. The molecule has 1 unspecified atom stereocenters. The molecule has 1 aliphatic heterocycles. The van der Waals surface area contributed by atoms with Gasteiger partial charge in [-0.3, -0.25) is 14.3 Å². The molecule has 3 heterocycles. The summed E-state index contributed by atoms with van der Waals surface area (Å²) in [5, 5.41) is 8.04. The molecule has 3 aromatic rings. The van der Waals surface area contributed by atoms with Gasteiger partial charge in [-0.15, -0.1) is 0 Å². The minimum Gasteiger partial charge on any atom is -0.289 e. The molecule has 7 nitrogen and oxygen atoms in total. The Kier molecular flexibility index (Phi) is 4.69. The second kappa shape index (κ2) is 7.15. The Morgan fingerprint density at radius 3 is 2.85 bits per heavy atom. The van der Waals surface area contributed by atoms with Crippen LogP contribution in [0.5, 0.6) is 0 Å². The highest BCUT2D eigenvalue weighted by Crippen LogP contribution is 2.32. The molecular formula is C18H19F2N5O2. The summed E-state index contributed by atoms with van der Waals surface area (Å²) >= 11 is 0. The van der Waals surface area contributed by atoms with Gasteiger partial charge in [0.2, 0.25) is 0 Å². The van der Waals surface area contributed by atoms with Crippen LogP contribution in [0.25, 0.3) is 10.9 Å². The number of hydrogen-bond donors (Lipinski definition) is 0. The predicted molar refractivity (Wildman–Crippen MR) is 93.4 cm³/mol. The first kappa shape index (κ1) is 17.7. The van der Waals surface area contributed by atoms with Gasteiger partial charge in [0.25, 0.3) is 12.0 Å². The number of hydrogen-bond acceptors (Lipinski definition) is 6. The van der Waals surface area contributed by atoms with Gasteiger partial charge in [0, 0.05) is 6.54 Å². The van der Waals surface area contributed by atoms with Crippen molar-refractivity contribution in [3.8, 4) is 0 Å². The first-order chi connectivity index (χ1) is 13.0. The van der Waals surface area contributed by atoms with Crippen LogP contribution in [0.4, 0.5) is 8.78 Å². The number of para-hydroxylation sites is 1. The third kappa shape index (κ3) is 3.34. The topological polar surface area (TPSA) is 77.1 Å². The van der Waals surface area contributed by atoms with Crippen LogP contribution in [0, 0.1) is 6.92 Å². The van der Waals surface area contributed by atoms with E-state index >= 15 is 0 Å². The lowest BCUT2D eigenvalue weighted by atomic mass is 10.1. The Morgan fingerprint density at radius 2 is 2.11 bits per heavy atom. The van der Waals surface area contributed by atoms with Gasteiger partial charge in [0.05, 0.1) is 23.5 Å². The standard InChI is InChI=1S/C18H19F2N5O2/c1-11-14(23-27-22-11)9-24-8-4-7-15(24)17-21-13-6-3-2-5-12(13)18(26)25(17)10-16(19)20/h2-3,5-6,15-16H,4,7-10H2,1H3. The summed E-state index contributed by atoms with van der Waals surface area (Å²) < 4.78 is 32.3. The van der Waals surface area contributed by atoms with E-state index in [1.807, 2.05) is 0 Å². The number of fused-ring (bicyclic) bond motifs is 1. The highest BCUT2D eigenvalue weighted by atomic mass is 19.3. The maximum Gasteiger partial charge on any atom is 0.261 e. The van der Waals surface area contributed by atoms with Crippen LogP contribution in [-0.4, -0.2) is 37.7 Å². The normalized spacial score (nSPS) is 18.0. The van der Waals surface area contributed by atoms with Gasteiger partial charge in [-0.2, -0.15) is 0 Å². The third-order valence-electron chi connectivity index (χ3n) is 4.97. The van der Waals surface area contributed by atoms with Crippen molar-refractivity contribution in [2.45, 2.75) is 45.3 Å². The molecule has 2 aromatic heterocycles. The van der Waals surface area contributed by atoms with Crippen LogP contribution in [0.15, 0.2) is 33.7 Å². The van der Waals surface area contributed by atoms with Crippen molar-refractivity contribution in [3.05, 3.63) is 51.8 Å². The maximum absolute atomic E-state index is 13.2. The molecule has 0 spiro atoms. The van der Waals surface area contributed by atoms with E-state index in [4.69, 9.17) is 4.63 Å². The van der Waals surface area contributed by atoms with E-state index in [1.54, 1.807) is 31.2 Å². The number of rotatable bonds is 5. The van der Waals surface area contributed by atoms with Crippen LogP contribution in [0.1, 0.15) is 36.1 Å². The predicted octanol–water partition coefficient (Wildman–Crippen LogP) is 2.69. The van der Waals surface area contributed by atoms with Crippen molar-refractivity contribution in [1.29, 1.82) is 0 Å². The highest BCUT2D eigenvalue weighted by Gasteiger charge is 2.32. The van der Waals surface area contributed by atoms with Gasteiger partial charge in [-0.1, -0.05) is 22.4 Å². The highest BCUT2D eigenvalue weighted by molar-refractivity contribution is 5.77. The number of benzene rings is 1. The van der Waals surface area contributed by atoms with Crippen molar-refractivity contribution in [1.82, 2.24) is 24.8 Å². The smallest absolute Gasteiger partial charge is 0.261 e. The molecule has 0 aliphatic carbocycles. The van der Waals surface area contributed by atoms with Crippen molar-refractivity contribution < 1.29 is 13.4 Å². The van der Waals surface area contributed by atoms with Crippen LogP contribution >= 0.6 is 0 Å². The van der Waals surface area contributed by atoms with E-state index in [-0.39, 0.29) is 6.04 Å². The molecular weight excluding hydrogens is 356 g/mol. The maximum atomic E-state index is 13.2. The number of halogens is 2. The van der Waals surface area contributed by atoms with Crippen LogP contribution in [0.2, 0.25) is 0 Å². The summed E-state index contributed by atoms with van der Waals surface area (Å²) in [5.41, 5.74) is 1.48. The molecule has 0 bridgehead atoms. The monoisotopic (exact) mass is 375 g/mol. The number of alkyl halides is 2. The van der Waals surface area contributed by atoms with Gasteiger partial charge < -0.3 is 0 Å². The average Bonchev–Trinajstić information content (AvgIpc) is 3.27. The third-order valence-corrected chi connectivity index (χ3v) is 4.97. The molecule has 0 N–H and O–H groups in total. The fourth-order valence-electron chi connectivity index (χ4n) is 3.65. The fraction of sp³-hybridized carbons (Fsp3) is 0.444. The van der Waals surface area contributed by atoms with E-state index in [0.717, 1.165) is 24.0 Å². The molecule has 1 aromatic carbocycles. The van der Waals surface area contributed by atoms with Gasteiger partial charge in [-0.05, 0) is 38.4 Å². The first-order valence-electron chi connectivity index (χ1n) is 8.84. The lowest BCUT2D eigenvalue weighted by Gasteiger charge is -2.25. The molecule has 0 amide bonds. The molecule has 142 valence electrons. The molecule has 4 rings (SSSR count). The molecule has 1 aliphatic rings. The zero-order valence-electron chi connectivity index (χ0n) is 14.8. The summed E-state index contributed by atoms with van der Waals surface area (Å²) in [6, 6.07) is 6.61. The molecule has 27 heavy (non-hydrogen) atoms. The van der Waals surface area contributed by atoms with E-state index in [0.29, 0.717) is 34.7 Å². The van der Waals surface area contributed by atoms with E-state index in [9.17, 15) is 13.6 Å². The number of aryl methyl sites for hydroxylation is 1. The lowest BCUT2D eigenvalue weighted by molar-refractivity contribution is 0.120. The molecule has 1 fully saturated rings. The summed E-state index contributed by atoms with van der Waals surface area (Å²) in [6.45, 7) is 2.37. The summed E-state index contributed by atoms with van der Waals surface area (Å²) in [4.78, 5) is 19.5. The molecule has 0 radical (unpaired) electrons. The number of aromatic nitrogens is 4. The Balaban J connectivity index is 1.79. The SMILES string of the molecule is Cc1nonc1CN1CCCC1c1nc2ccccc2c(=O)n1CC(F)F. The molecule has 0 saturated carbocycles. The van der Waals surface area contributed by atoms with Crippen LogP contribution in [0.3, 0.4) is 0 Å². The minimum absolute atomic E-state index is 0.239. The van der Waals surface area contributed by atoms with Gasteiger partial charge >= 0.3 is 0 Å². The second-order valence-electron chi connectivity index (χ2n) is 6.72. The van der Waals surface area contributed by atoms with Crippen LogP contribution in [-0.2, 0) is 13.1 Å². The second-order valence-corrected chi connectivity index (χ2v) is 6.72. The van der Waals surface area contributed by atoms with E-state index in [2.05, 4.69) is 20.2 Å². The average molecular weight is 375 g/mol. The van der Waals surface area contributed by atoms with Crippen molar-refractivity contribution >= 4 is 10.9 Å². The van der Waals surface area contributed by atoms with E-state index in [1.165, 1.54) is 0 Å². The Bertz CT molecular complexity index is 1020. The number of likely N-dealkylation sites (tertiary alicyclic amines) is 1. The molecule has 1 saturated heterocycles. The Labute approximate surface area is 153 Å². The van der Waals surface area contributed by atoms with Gasteiger partial charge in [0.15, 0.2) is 0 Å². The van der Waals surface area contributed by atoms with Gasteiger partial charge in [-0.25, -0.2) is 18.4 Å². The molecule has 9 heteroatoms. The quantitative estimate of drug-likeness (QED) is 0.682. The van der Waals surface area contributed by atoms with E-state index < -0.39 is 18.5 Å². The van der Waals surface area contributed by atoms with Crippen molar-refractivity contribution in [2.75, 3.05) is 6.54 Å². The zero-order valence-corrected chi connectivity index (χ0v) is 14.8. The summed E-state index contributed by atoms with van der Waals surface area (Å²) in [6.07, 6.45) is -1.02. The zero-order chi connectivity index (χ0) is 19.0. The number of nitrogens with zero attached hydrogens (tertiary/aromatic N) is 5. The fourth-order valence-corrected chi connectivity index (χ4v) is 3.65. The van der Waals surface area contributed by atoms with Crippen molar-refractivity contribution in [2.24, 2.45) is 0 Å². The summed E-state index contributed by atoms with van der Waals surface area (Å²) in [5.74, 6) is 0.380. The Hall–Kier alpha value is -2.68. The molecule has 1 atom stereocenters. The van der Waals surface area contributed by atoms with Gasteiger partial charge in [0.1, 0.15) is 17.2 Å². The lowest BCUT2D eigenvalue weighted by Crippen LogP contribution is -2.33. The minimum atomic E-state index is -2.64. The van der Waals surface area contributed by atoms with Crippen LogP contribution < -0.4 is 5.56 Å². The first-order valence-corrected chi connectivity index (χ1v) is 8.84. The Morgan fingerprint density at radius 1 is 1.30 bits per heavy atom. The van der Waals surface area contributed by atoms with Crippen molar-refractivity contribution in [3.63, 3.8) is 0 Å². The largest absolute Gasteiger partial charge is 0.289 e.